The summed E-state index contributed by atoms with van der Waals surface area (Å²) in [5, 5.41) is 7.61. The highest BCUT2D eigenvalue weighted by Crippen LogP contribution is 2.21. The Kier molecular flexibility index (Phi) is 5.04. The molecule has 0 fully saturated rings. The van der Waals surface area contributed by atoms with Crippen molar-refractivity contribution in [3.8, 4) is 5.75 Å². The minimum Gasteiger partial charge on any atom is -0.496 e. The number of rotatable bonds is 5. The SMILES string of the molecule is COc1ccc(Br)cc1C=NNC(=O)CC1=NNC(=O)C1. The molecule has 2 amide bonds. The lowest BCUT2D eigenvalue weighted by Gasteiger charge is -2.04. The third-order valence-corrected chi connectivity index (χ3v) is 3.15. The quantitative estimate of drug-likeness (QED) is 0.615. The van der Waals surface area contributed by atoms with Crippen molar-refractivity contribution in [3.05, 3.63) is 28.2 Å². The van der Waals surface area contributed by atoms with Crippen LogP contribution in [-0.4, -0.2) is 30.9 Å². The number of halogens is 1. The Morgan fingerprint density at radius 2 is 2.43 bits per heavy atom. The largest absolute Gasteiger partial charge is 0.496 e. The normalized spacial score (nSPS) is 14.0. The van der Waals surface area contributed by atoms with Crippen LogP contribution in [0.25, 0.3) is 0 Å². The zero-order valence-electron chi connectivity index (χ0n) is 11.2. The van der Waals surface area contributed by atoms with E-state index in [1.54, 1.807) is 13.2 Å². The van der Waals surface area contributed by atoms with Crippen molar-refractivity contribution in [2.45, 2.75) is 12.8 Å². The smallest absolute Gasteiger partial charge is 0.245 e. The van der Waals surface area contributed by atoms with Crippen molar-refractivity contribution in [1.82, 2.24) is 10.9 Å². The van der Waals surface area contributed by atoms with E-state index in [0.717, 1.165) is 10.0 Å². The molecular formula is C13H13BrN4O3. The van der Waals surface area contributed by atoms with Gasteiger partial charge in [-0.25, -0.2) is 10.9 Å². The second kappa shape index (κ2) is 6.98. The molecule has 8 heteroatoms. The van der Waals surface area contributed by atoms with E-state index in [-0.39, 0.29) is 24.7 Å². The number of hydrogen-bond acceptors (Lipinski definition) is 5. The second-order valence-corrected chi connectivity index (χ2v) is 5.16. The van der Waals surface area contributed by atoms with Crippen molar-refractivity contribution in [2.75, 3.05) is 7.11 Å². The Morgan fingerprint density at radius 3 is 3.10 bits per heavy atom. The molecule has 0 radical (unpaired) electrons. The van der Waals surface area contributed by atoms with Crippen molar-refractivity contribution < 1.29 is 14.3 Å². The van der Waals surface area contributed by atoms with Gasteiger partial charge in [0.25, 0.3) is 0 Å². The van der Waals surface area contributed by atoms with Crippen molar-refractivity contribution in [2.24, 2.45) is 10.2 Å². The van der Waals surface area contributed by atoms with Crippen molar-refractivity contribution >= 4 is 39.7 Å². The van der Waals surface area contributed by atoms with Gasteiger partial charge >= 0.3 is 0 Å². The summed E-state index contributed by atoms with van der Waals surface area (Å²) in [6, 6.07) is 5.45. The Balaban J connectivity index is 1.91. The van der Waals surface area contributed by atoms with Gasteiger partial charge in [-0.1, -0.05) is 15.9 Å². The van der Waals surface area contributed by atoms with E-state index in [1.165, 1.54) is 6.21 Å². The molecule has 1 heterocycles. The molecule has 1 aromatic carbocycles. The van der Waals surface area contributed by atoms with Gasteiger partial charge in [-0.05, 0) is 18.2 Å². The minimum absolute atomic E-state index is 0.0334. The third-order valence-electron chi connectivity index (χ3n) is 2.65. The highest BCUT2D eigenvalue weighted by atomic mass is 79.9. The topological polar surface area (TPSA) is 92.2 Å². The molecule has 2 N–H and O–H groups in total. The monoisotopic (exact) mass is 352 g/mol. The van der Waals surface area contributed by atoms with Crippen LogP contribution in [0.15, 0.2) is 32.9 Å². The van der Waals surface area contributed by atoms with Crippen LogP contribution in [0.4, 0.5) is 0 Å². The van der Waals surface area contributed by atoms with Gasteiger partial charge in [0.15, 0.2) is 0 Å². The Bertz CT molecular complexity index is 628. The lowest BCUT2D eigenvalue weighted by atomic mass is 10.2. The maximum absolute atomic E-state index is 11.6. The fraction of sp³-hybridized carbons (Fsp3) is 0.231. The lowest BCUT2D eigenvalue weighted by Crippen LogP contribution is -2.20. The Hall–Kier alpha value is -2.22. The van der Waals surface area contributed by atoms with Gasteiger partial charge in [-0.3, -0.25) is 9.59 Å². The van der Waals surface area contributed by atoms with E-state index >= 15 is 0 Å². The minimum atomic E-state index is -0.338. The standard InChI is InChI=1S/C13H13BrN4O3/c1-21-11-3-2-9(14)4-8(11)7-15-17-12(19)5-10-6-13(20)18-16-10/h2-4,7H,5-6H2,1H3,(H,17,19)(H,18,20). The molecule has 0 bridgehead atoms. The third kappa shape index (κ3) is 4.38. The molecule has 21 heavy (non-hydrogen) atoms. The molecule has 0 saturated heterocycles. The van der Waals surface area contributed by atoms with E-state index in [0.29, 0.717) is 11.5 Å². The van der Waals surface area contributed by atoms with Gasteiger partial charge in [-0.2, -0.15) is 10.2 Å². The summed E-state index contributed by atoms with van der Waals surface area (Å²) in [5.41, 5.74) is 5.89. The van der Waals surface area contributed by atoms with Gasteiger partial charge in [-0.15, -0.1) is 0 Å². The van der Waals surface area contributed by atoms with E-state index < -0.39 is 0 Å². The zero-order chi connectivity index (χ0) is 15.2. The molecule has 1 aliphatic rings. The summed E-state index contributed by atoms with van der Waals surface area (Å²) in [4.78, 5) is 22.6. The predicted octanol–water partition coefficient (Wildman–Crippen LogP) is 1.17. The van der Waals surface area contributed by atoms with Gasteiger partial charge in [0.1, 0.15) is 5.75 Å². The van der Waals surface area contributed by atoms with Crippen LogP contribution < -0.4 is 15.6 Å². The first-order chi connectivity index (χ1) is 10.1. The average molecular weight is 353 g/mol. The molecule has 0 saturated carbocycles. The molecule has 0 aliphatic carbocycles. The molecule has 1 aromatic rings. The number of amides is 2. The van der Waals surface area contributed by atoms with Crippen LogP contribution in [0.5, 0.6) is 5.75 Å². The molecule has 0 aromatic heterocycles. The summed E-state index contributed by atoms with van der Waals surface area (Å²) in [6.45, 7) is 0. The summed E-state index contributed by atoms with van der Waals surface area (Å²) < 4.78 is 6.06. The fourth-order valence-corrected chi connectivity index (χ4v) is 2.09. The average Bonchev–Trinajstić information content (AvgIpc) is 2.84. The number of hydrazone groups is 2. The summed E-state index contributed by atoms with van der Waals surface area (Å²) in [6.07, 6.45) is 1.67. The lowest BCUT2D eigenvalue weighted by molar-refractivity contribution is -0.119. The number of carbonyl (C=O) groups is 2. The number of methoxy groups -OCH3 is 1. The van der Waals surface area contributed by atoms with Gasteiger partial charge < -0.3 is 4.74 Å². The van der Waals surface area contributed by atoms with Gasteiger partial charge in [0, 0.05) is 10.0 Å². The van der Waals surface area contributed by atoms with E-state index in [9.17, 15) is 9.59 Å². The van der Waals surface area contributed by atoms with E-state index in [1.807, 2.05) is 12.1 Å². The fourth-order valence-electron chi connectivity index (χ4n) is 1.71. The molecule has 0 spiro atoms. The van der Waals surface area contributed by atoms with Gasteiger partial charge in [0.05, 0.1) is 31.9 Å². The van der Waals surface area contributed by atoms with Crippen molar-refractivity contribution in [1.29, 1.82) is 0 Å². The highest BCUT2D eigenvalue weighted by molar-refractivity contribution is 9.10. The van der Waals surface area contributed by atoms with Crippen LogP contribution >= 0.6 is 15.9 Å². The summed E-state index contributed by atoms with van der Waals surface area (Å²) >= 11 is 3.35. The number of ether oxygens (including phenoxy) is 1. The Labute approximate surface area is 129 Å². The molecule has 110 valence electrons. The zero-order valence-corrected chi connectivity index (χ0v) is 12.8. The number of nitrogens with zero attached hydrogens (tertiary/aromatic N) is 2. The maximum atomic E-state index is 11.6. The van der Waals surface area contributed by atoms with Crippen LogP contribution in [0.1, 0.15) is 18.4 Å². The van der Waals surface area contributed by atoms with Crippen LogP contribution in [0.2, 0.25) is 0 Å². The highest BCUT2D eigenvalue weighted by Gasteiger charge is 2.16. The molecule has 0 unspecified atom stereocenters. The Morgan fingerprint density at radius 1 is 1.62 bits per heavy atom. The van der Waals surface area contributed by atoms with E-state index in [4.69, 9.17) is 4.74 Å². The summed E-state index contributed by atoms with van der Waals surface area (Å²) in [7, 11) is 1.56. The van der Waals surface area contributed by atoms with Crippen LogP contribution in [0, 0.1) is 0 Å². The second-order valence-electron chi connectivity index (χ2n) is 4.25. The first-order valence-electron chi connectivity index (χ1n) is 6.08. The predicted molar refractivity (Wildman–Crippen MR) is 81.2 cm³/mol. The number of nitrogens with one attached hydrogen (secondary N) is 2. The summed E-state index contributed by atoms with van der Waals surface area (Å²) in [5.74, 6) is 0.0989. The van der Waals surface area contributed by atoms with Gasteiger partial charge in [0.2, 0.25) is 11.8 Å². The molecular weight excluding hydrogens is 340 g/mol. The van der Waals surface area contributed by atoms with Crippen LogP contribution in [-0.2, 0) is 9.59 Å². The van der Waals surface area contributed by atoms with Crippen molar-refractivity contribution in [3.63, 3.8) is 0 Å². The van der Waals surface area contributed by atoms with Crippen LogP contribution in [0.3, 0.4) is 0 Å². The number of benzene rings is 1. The maximum Gasteiger partial charge on any atom is 0.245 e. The number of hydrogen-bond donors (Lipinski definition) is 2. The molecule has 1 aliphatic heterocycles. The molecule has 0 atom stereocenters. The molecule has 7 nitrogen and oxygen atoms in total. The molecule has 2 rings (SSSR count). The van der Waals surface area contributed by atoms with E-state index in [2.05, 4.69) is 37.0 Å². The first kappa shape index (κ1) is 15.2. The number of carbonyl (C=O) groups excluding carboxylic acids is 2. The first-order valence-corrected chi connectivity index (χ1v) is 6.87.